The Morgan fingerprint density at radius 3 is 2.88 bits per heavy atom. The van der Waals surface area contributed by atoms with Gasteiger partial charge in [-0.3, -0.25) is 14.1 Å². The molecule has 8 heteroatoms. The van der Waals surface area contributed by atoms with Crippen molar-refractivity contribution in [1.29, 1.82) is 0 Å². The fourth-order valence-electron chi connectivity index (χ4n) is 2.30. The minimum atomic E-state index is -0.664. The number of carbonyl (C=O) groups excluding carboxylic acids is 1. The van der Waals surface area contributed by atoms with Crippen LogP contribution >= 0.6 is 15.9 Å². The average molecular weight is 398 g/mol. The second-order valence-corrected chi connectivity index (χ2v) is 6.22. The summed E-state index contributed by atoms with van der Waals surface area (Å²) in [5.41, 5.74) is 0.864. The Morgan fingerprint density at radius 1 is 1.46 bits per heavy atom. The van der Waals surface area contributed by atoms with Crippen molar-refractivity contribution in [3.05, 3.63) is 44.4 Å². The highest BCUT2D eigenvalue weighted by Gasteiger charge is 2.16. The van der Waals surface area contributed by atoms with Crippen LogP contribution in [0.1, 0.15) is 22.8 Å². The van der Waals surface area contributed by atoms with Crippen molar-refractivity contribution in [2.75, 3.05) is 33.9 Å². The number of nitrogens with zero attached hydrogens (tertiary/aromatic N) is 3. The zero-order valence-corrected chi connectivity index (χ0v) is 15.5. The predicted molar refractivity (Wildman–Crippen MR) is 93.3 cm³/mol. The summed E-state index contributed by atoms with van der Waals surface area (Å²) in [6, 6.07) is 1.91. The molecule has 0 amide bonds. The van der Waals surface area contributed by atoms with E-state index in [1.165, 1.54) is 10.6 Å². The first-order valence-corrected chi connectivity index (χ1v) is 8.31. The third-order valence-electron chi connectivity index (χ3n) is 3.46. The van der Waals surface area contributed by atoms with Crippen LogP contribution in [0.4, 0.5) is 0 Å². The van der Waals surface area contributed by atoms with Crippen LogP contribution in [-0.4, -0.2) is 54.2 Å². The zero-order valence-electron chi connectivity index (χ0n) is 13.9. The van der Waals surface area contributed by atoms with E-state index < -0.39 is 11.5 Å². The van der Waals surface area contributed by atoms with Crippen LogP contribution in [0.15, 0.2) is 27.7 Å². The summed E-state index contributed by atoms with van der Waals surface area (Å²) in [6.45, 7) is 3.85. The van der Waals surface area contributed by atoms with Gasteiger partial charge in [0.05, 0.1) is 13.2 Å². The molecule has 0 saturated heterocycles. The number of fused-ring (bicyclic) bond motifs is 1. The molecule has 0 aromatic carbocycles. The van der Waals surface area contributed by atoms with Crippen molar-refractivity contribution in [2.24, 2.45) is 0 Å². The summed E-state index contributed by atoms with van der Waals surface area (Å²) < 4.78 is 12.1. The molecule has 7 nitrogen and oxygen atoms in total. The number of aromatic nitrogens is 2. The molecule has 130 valence electrons. The Bertz CT molecular complexity index is 791. The number of rotatable bonds is 7. The largest absolute Gasteiger partial charge is 0.462 e. The van der Waals surface area contributed by atoms with E-state index in [0.29, 0.717) is 18.8 Å². The van der Waals surface area contributed by atoms with Crippen molar-refractivity contribution in [3.63, 3.8) is 0 Å². The highest BCUT2D eigenvalue weighted by molar-refractivity contribution is 9.10. The molecule has 0 bridgehead atoms. The normalized spacial score (nSPS) is 11.2. The molecule has 0 N–H and O–H groups in total. The molecule has 0 spiro atoms. The number of esters is 1. The van der Waals surface area contributed by atoms with Crippen LogP contribution in [0.2, 0.25) is 0 Å². The molecule has 2 aromatic rings. The lowest BCUT2D eigenvalue weighted by Gasteiger charge is -2.17. The van der Waals surface area contributed by atoms with Crippen LogP contribution in [-0.2, 0) is 16.0 Å². The number of halogens is 1. The van der Waals surface area contributed by atoms with E-state index in [1.807, 2.05) is 13.1 Å². The first-order valence-electron chi connectivity index (χ1n) is 7.52. The molecule has 0 aliphatic carbocycles. The van der Waals surface area contributed by atoms with Gasteiger partial charge in [-0.2, -0.15) is 0 Å². The number of hydrogen-bond acceptors (Lipinski definition) is 6. The number of likely N-dealkylation sites (N-methyl/N-ethyl adjacent to an activating group) is 1. The SMILES string of the molecule is CCOC(=O)c1cnc2c(CN(C)CCOC)cc(Br)cn2c1=O. The van der Waals surface area contributed by atoms with Gasteiger partial charge >= 0.3 is 5.97 Å². The van der Waals surface area contributed by atoms with Gasteiger partial charge in [0.2, 0.25) is 0 Å². The average Bonchev–Trinajstić information content (AvgIpc) is 2.54. The lowest BCUT2D eigenvalue weighted by molar-refractivity contribution is 0.0523. The molecule has 0 unspecified atom stereocenters. The van der Waals surface area contributed by atoms with E-state index in [-0.39, 0.29) is 12.2 Å². The van der Waals surface area contributed by atoms with Gasteiger partial charge in [0.1, 0.15) is 11.2 Å². The molecular formula is C16H20BrN3O4. The van der Waals surface area contributed by atoms with E-state index in [2.05, 4.69) is 25.8 Å². The Labute approximate surface area is 148 Å². The predicted octanol–water partition coefficient (Wildman–Crippen LogP) is 1.71. The lowest BCUT2D eigenvalue weighted by atomic mass is 10.2. The third-order valence-corrected chi connectivity index (χ3v) is 3.89. The van der Waals surface area contributed by atoms with Gasteiger partial charge in [-0.25, -0.2) is 9.78 Å². The molecule has 0 aliphatic rings. The highest BCUT2D eigenvalue weighted by Crippen LogP contribution is 2.17. The summed E-state index contributed by atoms with van der Waals surface area (Å²) >= 11 is 3.41. The molecule has 0 fully saturated rings. The van der Waals surface area contributed by atoms with Gasteiger partial charge in [0.15, 0.2) is 0 Å². The summed E-state index contributed by atoms with van der Waals surface area (Å²) in [5, 5.41) is 0. The van der Waals surface area contributed by atoms with E-state index in [9.17, 15) is 9.59 Å². The summed E-state index contributed by atoms with van der Waals surface area (Å²) in [7, 11) is 3.61. The molecule has 0 aliphatic heterocycles. The van der Waals surface area contributed by atoms with Gasteiger partial charge in [-0.05, 0) is 36.0 Å². The van der Waals surface area contributed by atoms with Crippen molar-refractivity contribution >= 4 is 27.5 Å². The van der Waals surface area contributed by atoms with Gasteiger partial charge in [-0.15, -0.1) is 0 Å². The van der Waals surface area contributed by atoms with E-state index in [0.717, 1.165) is 16.6 Å². The maximum absolute atomic E-state index is 12.6. The lowest BCUT2D eigenvalue weighted by Crippen LogP contribution is -2.27. The van der Waals surface area contributed by atoms with E-state index in [4.69, 9.17) is 9.47 Å². The van der Waals surface area contributed by atoms with Gasteiger partial charge < -0.3 is 9.47 Å². The zero-order chi connectivity index (χ0) is 17.7. The summed E-state index contributed by atoms with van der Waals surface area (Å²) in [6.07, 6.45) is 2.88. The monoisotopic (exact) mass is 397 g/mol. The van der Waals surface area contributed by atoms with Gasteiger partial charge in [-0.1, -0.05) is 0 Å². The quantitative estimate of drug-likeness (QED) is 0.662. The summed E-state index contributed by atoms with van der Waals surface area (Å²) in [5.74, 6) is -0.664. The number of hydrogen-bond donors (Lipinski definition) is 0. The highest BCUT2D eigenvalue weighted by atomic mass is 79.9. The molecule has 2 aromatic heterocycles. The Kier molecular flexibility index (Phi) is 6.47. The third kappa shape index (κ3) is 4.19. The molecule has 0 atom stereocenters. The fourth-order valence-corrected chi connectivity index (χ4v) is 2.78. The van der Waals surface area contributed by atoms with Crippen LogP contribution in [0.5, 0.6) is 0 Å². The Balaban J connectivity index is 2.46. The minimum absolute atomic E-state index is 0.0777. The molecule has 24 heavy (non-hydrogen) atoms. The fraction of sp³-hybridized carbons (Fsp3) is 0.438. The standard InChI is InChI=1S/C16H20BrN3O4/c1-4-24-16(22)13-8-18-14-11(9-19(2)5-6-23-3)7-12(17)10-20(14)15(13)21/h7-8,10H,4-6,9H2,1-3H3. The molecule has 2 heterocycles. The maximum Gasteiger partial charge on any atom is 0.345 e. The number of carbonyl (C=O) groups is 1. The molecule has 0 saturated carbocycles. The Morgan fingerprint density at radius 2 is 2.21 bits per heavy atom. The van der Waals surface area contributed by atoms with E-state index in [1.54, 1.807) is 20.2 Å². The molecule has 0 radical (unpaired) electrons. The maximum atomic E-state index is 12.6. The van der Waals surface area contributed by atoms with Crippen LogP contribution in [0, 0.1) is 0 Å². The molecule has 2 rings (SSSR count). The van der Waals surface area contributed by atoms with E-state index >= 15 is 0 Å². The van der Waals surface area contributed by atoms with Crippen LogP contribution in [0.3, 0.4) is 0 Å². The smallest absolute Gasteiger partial charge is 0.345 e. The second kappa shape index (κ2) is 8.36. The number of pyridine rings is 1. The van der Waals surface area contributed by atoms with Crippen LogP contribution in [0.25, 0.3) is 5.65 Å². The van der Waals surface area contributed by atoms with Crippen LogP contribution < -0.4 is 5.56 Å². The van der Waals surface area contributed by atoms with Crippen molar-refractivity contribution in [2.45, 2.75) is 13.5 Å². The summed E-state index contributed by atoms with van der Waals surface area (Å²) in [4.78, 5) is 30.8. The van der Waals surface area contributed by atoms with Gasteiger partial charge in [0.25, 0.3) is 5.56 Å². The minimum Gasteiger partial charge on any atom is -0.462 e. The van der Waals surface area contributed by atoms with Crippen molar-refractivity contribution in [3.8, 4) is 0 Å². The number of methoxy groups -OCH3 is 1. The van der Waals surface area contributed by atoms with Crippen molar-refractivity contribution < 1.29 is 14.3 Å². The first-order chi connectivity index (χ1) is 11.5. The second-order valence-electron chi connectivity index (χ2n) is 5.31. The Hall–Kier alpha value is -1.77. The topological polar surface area (TPSA) is 73.1 Å². The number of ether oxygens (including phenoxy) is 2. The van der Waals surface area contributed by atoms with Crippen molar-refractivity contribution in [1.82, 2.24) is 14.3 Å². The first kappa shape index (κ1) is 18.6. The van der Waals surface area contributed by atoms with Gasteiger partial charge in [0, 0.05) is 42.6 Å². The molecular weight excluding hydrogens is 378 g/mol.